The van der Waals surface area contributed by atoms with Gasteiger partial charge < -0.3 is 14.2 Å². The molecule has 376 valence electrons. The van der Waals surface area contributed by atoms with Gasteiger partial charge in [-0.05, 0) is 64.2 Å². The molecule has 65 heavy (non-hydrogen) atoms. The summed E-state index contributed by atoms with van der Waals surface area (Å²) in [5.41, 5.74) is 0. The van der Waals surface area contributed by atoms with Gasteiger partial charge in [-0.15, -0.1) is 0 Å². The fourth-order valence-corrected chi connectivity index (χ4v) is 7.88. The van der Waals surface area contributed by atoms with Crippen LogP contribution in [0.3, 0.4) is 0 Å². The van der Waals surface area contributed by atoms with E-state index >= 15 is 0 Å². The highest BCUT2D eigenvalue weighted by Crippen LogP contribution is 2.16. The van der Waals surface area contributed by atoms with E-state index in [4.69, 9.17) is 14.2 Å². The number of allylic oxidation sites excluding steroid dienone is 10. The van der Waals surface area contributed by atoms with Gasteiger partial charge in [0, 0.05) is 19.3 Å². The zero-order valence-electron chi connectivity index (χ0n) is 43.0. The van der Waals surface area contributed by atoms with Gasteiger partial charge >= 0.3 is 17.9 Å². The molecule has 0 radical (unpaired) electrons. The Labute approximate surface area is 402 Å². The van der Waals surface area contributed by atoms with Gasteiger partial charge in [0.1, 0.15) is 13.2 Å². The predicted octanol–water partition coefficient (Wildman–Crippen LogP) is 18.4. The van der Waals surface area contributed by atoms with Crippen LogP contribution in [0.2, 0.25) is 0 Å². The second-order valence-electron chi connectivity index (χ2n) is 18.5. The van der Waals surface area contributed by atoms with Crippen molar-refractivity contribution in [3.8, 4) is 0 Å². The van der Waals surface area contributed by atoms with Crippen LogP contribution in [0.5, 0.6) is 0 Å². The number of hydrogen-bond donors (Lipinski definition) is 0. The van der Waals surface area contributed by atoms with Crippen LogP contribution in [0.15, 0.2) is 60.8 Å². The highest BCUT2D eigenvalue weighted by molar-refractivity contribution is 5.71. The summed E-state index contributed by atoms with van der Waals surface area (Å²) in [5.74, 6) is -0.874. The molecule has 0 fully saturated rings. The molecule has 1 unspecified atom stereocenters. The van der Waals surface area contributed by atoms with Crippen molar-refractivity contribution in [3.05, 3.63) is 60.8 Å². The molecule has 0 spiro atoms. The molecule has 0 aliphatic heterocycles. The van der Waals surface area contributed by atoms with Crippen molar-refractivity contribution in [1.82, 2.24) is 0 Å². The lowest BCUT2D eigenvalue weighted by Crippen LogP contribution is -2.30. The molecule has 0 amide bonds. The number of unbranched alkanes of at least 4 members (excludes halogenated alkanes) is 29. The first-order valence-electron chi connectivity index (χ1n) is 27.8. The summed E-state index contributed by atoms with van der Waals surface area (Å²) in [6.07, 6.45) is 66.9. The number of esters is 3. The fraction of sp³-hybridized carbons (Fsp3) is 0.780. The van der Waals surface area contributed by atoms with Crippen LogP contribution >= 0.6 is 0 Å². The van der Waals surface area contributed by atoms with Crippen molar-refractivity contribution >= 4 is 17.9 Å². The van der Waals surface area contributed by atoms with Gasteiger partial charge in [0.2, 0.25) is 0 Å². The topological polar surface area (TPSA) is 78.9 Å². The Morgan fingerprint density at radius 3 is 0.938 bits per heavy atom. The van der Waals surface area contributed by atoms with Crippen LogP contribution in [-0.2, 0) is 28.6 Å². The van der Waals surface area contributed by atoms with E-state index in [-0.39, 0.29) is 31.1 Å². The first-order valence-corrected chi connectivity index (χ1v) is 27.8. The molecule has 0 N–H and O–H groups in total. The van der Waals surface area contributed by atoms with Gasteiger partial charge in [0.15, 0.2) is 6.10 Å². The van der Waals surface area contributed by atoms with Crippen molar-refractivity contribution in [2.45, 2.75) is 284 Å². The first-order chi connectivity index (χ1) is 32.0. The number of rotatable bonds is 50. The van der Waals surface area contributed by atoms with Crippen molar-refractivity contribution in [3.63, 3.8) is 0 Å². The third-order valence-electron chi connectivity index (χ3n) is 12.0. The van der Waals surface area contributed by atoms with Gasteiger partial charge in [-0.3, -0.25) is 14.4 Å². The Bertz CT molecular complexity index is 1180. The van der Waals surface area contributed by atoms with E-state index in [1.807, 2.05) is 0 Å². The summed E-state index contributed by atoms with van der Waals surface area (Å²) in [5, 5.41) is 0. The minimum atomic E-state index is -0.765. The van der Waals surface area contributed by atoms with Crippen molar-refractivity contribution in [1.29, 1.82) is 0 Å². The molecule has 0 aromatic rings. The Hall–Kier alpha value is -2.89. The maximum atomic E-state index is 12.7. The quantitative estimate of drug-likeness (QED) is 0.0262. The van der Waals surface area contributed by atoms with Crippen LogP contribution in [-0.4, -0.2) is 37.2 Å². The Balaban J connectivity index is 3.94. The fourth-order valence-electron chi connectivity index (χ4n) is 7.88. The average Bonchev–Trinajstić information content (AvgIpc) is 3.30. The minimum Gasteiger partial charge on any atom is -0.462 e. The number of ether oxygens (including phenoxy) is 3. The van der Waals surface area contributed by atoms with Crippen LogP contribution in [0.1, 0.15) is 278 Å². The molecule has 0 aromatic heterocycles. The maximum absolute atomic E-state index is 12.7. The zero-order valence-corrected chi connectivity index (χ0v) is 43.0. The standard InChI is InChI=1S/C59H104O6/c1-4-7-10-13-16-18-20-21-22-23-24-25-26-27-28-29-30-31-32-33-34-35-36-37-38-39-40-42-43-46-49-52-58(61)64-55-56(54-63-57(60)51-48-45-15-12-9-6-3)65-59(62)53-50-47-44-41-19-17-14-11-8-5-2/h7,10,16,18,21-22,24-25,27-28,56H,4-6,8-9,11-15,17,19-20,23,26,29-55H2,1-3H3/b10-7-,18-16-,22-21-,25-24-,28-27-. The maximum Gasteiger partial charge on any atom is 0.306 e. The van der Waals surface area contributed by atoms with Gasteiger partial charge in [-0.1, -0.05) is 255 Å². The minimum absolute atomic E-state index is 0.0701. The monoisotopic (exact) mass is 909 g/mol. The summed E-state index contributed by atoms with van der Waals surface area (Å²) in [4.78, 5) is 37.7. The highest BCUT2D eigenvalue weighted by atomic mass is 16.6. The van der Waals surface area contributed by atoms with E-state index in [0.717, 1.165) is 89.9 Å². The number of carbonyl (C=O) groups is 3. The molecule has 0 rings (SSSR count). The Kier molecular flexibility index (Phi) is 51.3. The largest absolute Gasteiger partial charge is 0.462 e. The molecule has 6 heteroatoms. The summed E-state index contributed by atoms with van der Waals surface area (Å²) in [6, 6.07) is 0. The molecule has 6 nitrogen and oxygen atoms in total. The van der Waals surface area contributed by atoms with Crippen LogP contribution < -0.4 is 0 Å². The molecule has 1 atom stereocenters. The lowest BCUT2D eigenvalue weighted by Gasteiger charge is -2.18. The van der Waals surface area contributed by atoms with Crippen molar-refractivity contribution in [2.24, 2.45) is 0 Å². The normalized spacial score (nSPS) is 12.5. The average molecular weight is 909 g/mol. The second kappa shape index (κ2) is 53.7. The number of carbonyl (C=O) groups excluding carboxylic acids is 3. The van der Waals surface area contributed by atoms with Crippen molar-refractivity contribution in [2.75, 3.05) is 13.2 Å². The van der Waals surface area contributed by atoms with E-state index in [2.05, 4.69) is 81.5 Å². The first kappa shape index (κ1) is 62.1. The molecular weight excluding hydrogens is 805 g/mol. The smallest absolute Gasteiger partial charge is 0.306 e. The van der Waals surface area contributed by atoms with Gasteiger partial charge in [-0.25, -0.2) is 0 Å². The van der Waals surface area contributed by atoms with E-state index in [1.165, 1.54) is 148 Å². The third kappa shape index (κ3) is 51.9. The molecule has 0 aromatic carbocycles. The van der Waals surface area contributed by atoms with Crippen molar-refractivity contribution < 1.29 is 28.6 Å². The molecule has 0 aliphatic rings. The summed E-state index contributed by atoms with van der Waals surface area (Å²) >= 11 is 0. The van der Waals surface area contributed by atoms with Crippen LogP contribution in [0, 0.1) is 0 Å². The molecule has 0 saturated heterocycles. The highest BCUT2D eigenvalue weighted by Gasteiger charge is 2.19. The van der Waals surface area contributed by atoms with Gasteiger partial charge in [0.05, 0.1) is 0 Å². The molecule has 0 heterocycles. The second-order valence-corrected chi connectivity index (χ2v) is 18.5. The van der Waals surface area contributed by atoms with Gasteiger partial charge in [0.25, 0.3) is 0 Å². The summed E-state index contributed by atoms with van der Waals surface area (Å²) < 4.78 is 16.7. The molecule has 0 aliphatic carbocycles. The SMILES string of the molecule is CC/C=C\C/C=C\C/C=C\C/C=C\C/C=C\CCCCCCCCCCCCCCCCCC(=O)OCC(COC(=O)CCCCCCCC)OC(=O)CCCCCCCCCCCC. The summed E-state index contributed by atoms with van der Waals surface area (Å²) in [7, 11) is 0. The number of hydrogen-bond acceptors (Lipinski definition) is 6. The molecule has 0 saturated carbocycles. The van der Waals surface area contributed by atoms with E-state index < -0.39 is 6.10 Å². The van der Waals surface area contributed by atoms with E-state index in [9.17, 15) is 14.4 Å². The Morgan fingerprint density at radius 1 is 0.323 bits per heavy atom. The van der Waals surface area contributed by atoms with Crippen LogP contribution in [0.25, 0.3) is 0 Å². The van der Waals surface area contributed by atoms with E-state index in [1.54, 1.807) is 0 Å². The predicted molar refractivity (Wildman–Crippen MR) is 279 cm³/mol. The Morgan fingerprint density at radius 2 is 0.600 bits per heavy atom. The molecular formula is C59H104O6. The lowest BCUT2D eigenvalue weighted by atomic mass is 10.0. The van der Waals surface area contributed by atoms with E-state index in [0.29, 0.717) is 19.3 Å². The van der Waals surface area contributed by atoms with Gasteiger partial charge in [-0.2, -0.15) is 0 Å². The molecule has 0 bridgehead atoms. The zero-order chi connectivity index (χ0) is 47.2. The lowest BCUT2D eigenvalue weighted by molar-refractivity contribution is -0.167. The van der Waals surface area contributed by atoms with Crippen LogP contribution in [0.4, 0.5) is 0 Å². The summed E-state index contributed by atoms with van der Waals surface area (Å²) in [6.45, 7) is 6.46. The third-order valence-corrected chi connectivity index (χ3v) is 12.0.